The minimum absolute atomic E-state index is 0.0335. The molecule has 2 rings (SSSR count). The van der Waals surface area contributed by atoms with Gasteiger partial charge in [-0.1, -0.05) is 18.5 Å². The normalized spacial score (nSPS) is 12.8. The second kappa shape index (κ2) is 8.29. The van der Waals surface area contributed by atoms with Gasteiger partial charge in [0.15, 0.2) is 0 Å². The minimum Gasteiger partial charge on any atom is -0.383 e. The van der Waals surface area contributed by atoms with E-state index in [-0.39, 0.29) is 6.04 Å². The Labute approximate surface area is 142 Å². The van der Waals surface area contributed by atoms with Crippen LogP contribution in [0.1, 0.15) is 30.0 Å². The molecule has 0 aliphatic heterocycles. The molecule has 4 nitrogen and oxygen atoms in total. The van der Waals surface area contributed by atoms with Crippen molar-refractivity contribution >= 4 is 38.9 Å². The molecule has 2 heterocycles. The zero-order chi connectivity index (χ0) is 15.2. The van der Waals surface area contributed by atoms with Gasteiger partial charge in [0.1, 0.15) is 0 Å². The lowest BCUT2D eigenvalue weighted by Gasteiger charge is -2.20. The monoisotopic (exact) mass is 391 g/mol. The number of rotatable bonds is 8. The van der Waals surface area contributed by atoms with Crippen molar-refractivity contribution in [2.24, 2.45) is 0 Å². The summed E-state index contributed by atoms with van der Waals surface area (Å²) in [5.74, 6) is 0. The number of halogens is 2. The average Bonchev–Trinajstić information content (AvgIpc) is 3.05. The highest BCUT2D eigenvalue weighted by atomic mass is 79.9. The van der Waals surface area contributed by atoms with Crippen molar-refractivity contribution in [1.82, 2.24) is 15.1 Å². The Kier molecular flexibility index (Phi) is 6.70. The van der Waals surface area contributed by atoms with Gasteiger partial charge in [0.25, 0.3) is 0 Å². The number of hydrogen-bond acceptors (Lipinski definition) is 4. The van der Waals surface area contributed by atoms with Crippen molar-refractivity contribution in [3.8, 4) is 0 Å². The summed E-state index contributed by atoms with van der Waals surface area (Å²) in [4.78, 5) is 1.21. The smallest absolute Gasteiger partial charge is 0.0868 e. The summed E-state index contributed by atoms with van der Waals surface area (Å²) < 4.78 is 8.17. The van der Waals surface area contributed by atoms with Gasteiger partial charge in [-0.2, -0.15) is 5.10 Å². The Morgan fingerprint density at radius 2 is 2.38 bits per heavy atom. The second-order valence-corrected chi connectivity index (χ2v) is 6.82. The molecule has 1 N–H and O–H groups in total. The Balaban J connectivity index is 2.36. The van der Waals surface area contributed by atoms with Crippen LogP contribution in [0.15, 0.2) is 22.1 Å². The molecule has 2 aromatic rings. The van der Waals surface area contributed by atoms with Crippen LogP contribution in [0.25, 0.3) is 0 Å². The van der Waals surface area contributed by atoms with Crippen LogP contribution in [0.2, 0.25) is 5.02 Å². The molecule has 0 saturated heterocycles. The fourth-order valence-corrected chi connectivity index (χ4v) is 4.06. The average molecular weight is 393 g/mol. The van der Waals surface area contributed by atoms with E-state index >= 15 is 0 Å². The maximum absolute atomic E-state index is 6.39. The number of nitrogens with zero attached hydrogens (tertiary/aromatic N) is 2. The first-order valence-corrected chi connectivity index (χ1v) is 8.90. The zero-order valence-electron chi connectivity index (χ0n) is 12.1. The van der Waals surface area contributed by atoms with Crippen molar-refractivity contribution in [2.45, 2.75) is 25.9 Å². The van der Waals surface area contributed by atoms with Gasteiger partial charge in [0.2, 0.25) is 0 Å². The van der Waals surface area contributed by atoms with Crippen LogP contribution in [-0.4, -0.2) is 30.0 Å². The quantitative estimate of drug-likeness (QED) is 0.735. The highest BCUT2D eigenvalue weighted by Gasteiger charge is 2.24. The molecule has 0 aliphatic carbocycles. The third-order valence-electron chi connectivity index (χ3n) is 3.12. The lowest BCUT2D eigenvalue weighted by molar-refractivity contribution is 0.182. The second-order valence-electron chi connectivity index (χ2n) is 4.61. The highest BCUT2D eigenvalue weighted by molar-refractivity contribution is 9.10. The van der Waals surface area contributed by atoms with Crippen molar-refractivity contribution in [3.05, 3.63) is 37.7 Å². The SMILES string of the molecule is CCCNC(c1sccc1Br)c1c(Cl)cnn1CCOC. The molecular weight excluding hydrogens is 374 g/mol. The predicted octanol–water partition coefficient (Wildman–Crippen LogP) is 4.10. The van der Waals surface area contributed by atoms with Crippen molar-refractivity contribution < 1.29 is 4.74 Å². The fourth-order valence-electron chi connectivity index (χ4n) is 2.13. The van der Waals surface area contributed by atoms with Crippen LogP contribution in [0.3, 0.4) is 0 Å². The van der Waals surface area contributed by atoms with Crippen LogP contribution in [0.4, 0.5) is 0 Å². The van der Waals surface area contributed by atoms with Gasteiger partial charge in [-0.25, -0.2) is 0 Å². The van der Waals surface area contributed by atoms with Crippen LogP contribution >= 0.6 is 38.9 Å². The maximum atomic E-state index is 6.39. The number of hydrogen-bond donors (Lipinski definition) is 1. The molecular formula is C14H19BrClN3OS. The van der Waals surface area contributed by atoms with Crippen molar-refractivity contribution in [1.29, 1.82) is 0 Å². The maximum Gasteiger partial charge on any atom is 0.0868 e. The van der Waals surface area contributed by atoms with Crippen molar-refractivity contribution in [3.63, 3.8) is 0 Å². The first kappa shape index (κ1) is 17.0. The topological polar surface area (TPSA) is 39.1 Å². The minimum atomic E-state index is 0.0335. The molecule has 0 spiro atoms. The number of aromatic nitrogens is 2. The molecule has 0 amide bonds. The summed E-state index contributed by atoms with van der Waals surface area (Å²) in [6.07, 6.45) is 2.76. The Hall–Kier alpha value is -0.400. The summed E-state index contributed by atoms with van der Waals surface area (Å²) in [5.41, 5.74) is 0.991. The van der Waals surface area contributed by atoms with Gasteiger partial charge < -0.3 is 10.1 Å². The van der Waals surface area contributed by atoms with E-state index in [0.717, 1.165) is 23.1 Å². The summed E-state index contributed by atoms with van der Waals surface area (Å²) in [6.45, 7) is 4.36. The van der Waals surface area contributed by atoms with Crippen LogP contribution < -0.4 is 5.32 Å². The molecule has 7 heteroatoms. The largest absolute Gasteiger partial charge is 0.383 e. The number of methoxy groups -OCH3 is 1. The van der Waals surface area contributed by atoms with E-state index in [2.05, 4.69) is 44.7 Å². The molecule has 0 fully saturated rings. The Bertz CT molecular complexity index is 572. The van der Waals surface area contributed by atoms with Gasteiger partial charge in [-0.3, -0.25) is 4.68 Å². The van der Waals surface area contributed by atoms with Crippen LogP contribution in [0.5, 0.6) is 0 Å². The van der Waals surface area contributed by atoms with E-state index in [4.69, 9.17) is 16.3 Å². The van der Waals surface area contributed by atoms with Gasteiger partial charge in [-0.15, -0.1) is 11.3 Å². The molecule has 1 atom stereocenters. The first-order chi connectivity index (χ1) is 10.2. The summed E-state index contributed by atoms with van der Waals surface area (Å²) in [7, 11) is 1.69. The molecule has 21 heavy (non-hydrogen) atoms. The first-order valence-electron chi connectivity index (χ1n) is 6.85. The lowest BCUT2D eigenvalue weighted by Crippen LogP contribution is -2.26. The summed E-state index contributed by atoms with van der Waals surface area (Å²) >= 11 is 11.7. The third kappa shape index (κ3) is 4.07. The Morgan fingerprint density at radius 1 is 1.57 bits per heavy atom. The van der Waals surface area contributed by atoms with E-state index in [1.165, 1.54) is 4.88 Å². The Morgan fingerprint density at radius 3 is 3.00 bits per heavy atom. The third-order valence-corrected chi connectivity index (χ3v) is 5.35. The number of nitrogens with one attached hydrogen (secondary N) is 1. The van der Waals surface area contributed by atoms with E-state index < -0.39 is 0 Å². The van der Waals surface area contributed by atoms with E-state index in [1.54, 1.807) is 24.6 Å². The molecule has 0 aliphatic rings. The molecule has 0 radical (unpaired) electrons. The molecule has 2 aromatic heterocycles. The van der Waals surface area contributed by atoms with Gasteiger partial charge in [-0.05, 0) is 40.3 Å². The summed E-state index contributed by atoms with van der Waals surface area (Å²) in [6, 6.07) is 2.09. The van der Waals surface area contributed by atoms with Crippen LogP contribution in [-0.2, 0) is 11.3 Å². The molecule has 0 saturated carbocycles. The fraction of sp³-hybridized carbons (Fsp3) is 0.500. The molecule has 1 unspecified atom stereocenters. The highest BCUT2D eigenvalue weighted by Crippen LogP contribution is 2.36. The molecule has 116 valence electrons. The zero-order valence-corrected chi connectivity index (χ0v) is 15.3. The summed E-state index contributed by atoms with van der Waals surface area (Å²) in [5, 5.41) is 10.7. The van der Waals surface area contributed by atoms with E-state index in [1.807, 2.05) is 4.68 Å². The van der Waals surface area contributed by atoms with Gasteiger partial charge in [0, 0.05) is 16.5 Å². The van der Waals surface area contributed by atoms with E-state index in [0.29, 0.717) is 18.2 Å². The van der Waals surface area contributed by atoms with Crippen LogP contribution in [0, 0.1) is 0 Å². The van der Waals surface area contributed by atoms with Crippen molar-refractivity contribution in [2.75, 3.05) is 20.3 Å². The number of thiophene rings is 1. The van der Waals surface area contributed by atoms with E-state index in [9.17, 15) is 0 Å². The lowest BCUT2D eigenvalue weighted by atomic mass is 10.1. The van der Waals surface area contributed by atoms with Gasteiger partial charge in [0.05, 0.1) is 36.1 Å². The molecule has 0 bridgehead atoms. The molecule has 0 aromatic carbocycles. The van der Waals surface area contributed by atoms with Gasteiger partial charge >= 0.3 is 0 Å². The predicted molar refractivity (Wildman–Crippen MR) is 91.3 cm³/mol. The standard InChI is InChI=1S/C14H19BrClN3OS/c1-3-5-17-12(14-10(15)4-8-21-14)13-11(16)9-18-19(13)6-7-20-2/h4,8-9,12,17H,3,5-7H2,1-2H3. The number of ether oxygens (including phenoxy) is 1.